The van der Waals surface area contributed by atoms with E-state index in [1.165, 1.54) is 11.8 Å². The lowest BCUT2D eigenvalue weighted by Gasteiger charge is -2.32. The molecular formula is C16H16BrNO2. The average molecular weight is 334 g/mol. The molecule has 1 aliphatic heterocycles. The summed E-state index contributed by atoms with van der Waals surface area (Å²) in [4.78, 5) is 14.3. The first-order chi connectivity index (χ1) is 9.75. The van der Waals surface area contributed by atoms with Crippen molar-refractivity contribution in [2.75, 3.05) is 13.1 Å². The minimum Gasteiger partial charge on any atom is -0.457 e. The Morgan fingerprint density at radius 2 is 1.85 bits per heavy atom. The van der Waals surface area contributed by atoms with Gasteiger partial charge in [-0.1, -0.05) is 30.3 Å². The highest BCUT2D eigenvalue weighted by atomic mass is 79.9. The lowest BCUT2D eigenvalue weighted by atomic mass is 9.89. The predicted octanol–water partition coefficient (Wildman–Crippen LogP) is 4.06. The molecule has 0 bridgehead atoms. The van der Waals surface area contributed by atoms with Gasteiger partial charge >= 0.3 is 0 Å². The number of nitrogens with zero attached hydrogens (tertiary/aromatic N) is 1. The van der Waals surface area contributed by atoms with Gasteiger partial charge < -0.3 is 9.32 Å². The van der Waals surface area contributed by atoms with Gasteiger partial charge in [-0.3, -0.25) is 4.79 Å². The Hall–Kier alpha value is -1.55. The molecule has 1 amide bonds. The van der Waals surface area contributed by atoms with Crippen molar-refractivity contribution in [1.29, 1.82) is 0 Å². The van der Waals surface area contributed by atoms with Gasteiger partial charge in [0.15, 0.2) is 4.67 Å². The highest BCUT2D eigenvalue weighted by Crippen LogP contribution is 2.29. The maximum absolute atomic E-state index is 12.4. The molecule has 0 saturated carbocycles. The Bertz CT molecular complexity index is 586. The largest absolute Gasteiger partial charge is 0.457 e. The van der Waals surface area contributed by atoms with Crippen LogP contribution in [0, 0.1) is 0 Å². The smallest absolute Gasteiger partial charge is 0.258 e. The zero-order valence-corrected chi connectivity index (χ0v) is 12.7. The first kappa shape index (κ1) is 13.4. The topological polar surface area (TPSA) is 33.5 Å². The van der Waals surface area contributed by atoms with E-state index in [1.807, 2.05) is 11.0 Å². The number of hydrogen-bond acceptors (Lipinski definition) is 2. The molecule has 4 heteroatoms. The fraction of sp³-hybridized carbons (Fsp3) is 0.312. The van der Waals surface area contributed by atoms with Crippen molar-refractivity contribution in [3.8, 4) is 0 Å². The van der Waals surface area contributed by atoms with Gasteiger partial charge in [-0.05, 0) is 46.3 Å². The van der Waals surface area contributed by atoms with Gasteiger partial charge in [0.05, 0.1) is 11.8 Å². The van der Waals surface area contributed by atoms with Crippen LogP contribution in [0.25, 0.3) is 0 Å². The first-order valence-electron chi connectivity index (χ1n) is 6.83. The van der Waals surface area contributed by atoms with Crippen LogP contribution in [-0.4, -0.2) is 23.9 Å². The molecule has 0 aliphatic carbocycles. The molecular weight excluding hydrogens is 318 g/mol. The average Bonchev–Trinajstić information content (AvgIpc) is 2.94. The second-order valence-corrected chi connectivity index (χ2v) is 5.81. The second-order valence-electron chi connectivity index (χ2n) is 5.09. The minimum atomic E-state index is 0.0529. The zero-order chi connectivity index (χ0) is 13.9. The Morgan fingerprint density at radius 3 is 2.45 bits per heavy atom. The van der Waals surface area contributed by atoms with Crippen LogP contribution in [0.5, 0.6) is 0 Å². The van der Waals surface area contributed by atoms with Crippen LogP contribution in [0.15, 0.2) is 51.7 Å². The summed E-state index contributed by atoms with van der Waals surface area (Å²) in [5.74, 6) is 0.616. The number of likely N-dealkylation sites (tertiary alicyclic amines) is 1. The number of carbonyl (C=O) groups excluding carboxylic acids is 1. The van der Waals surface area contributed by atoms with Gasteiger partial charge in [-0.25, -0.2) is 0 Å². The number of halogens is 1. The summed E-state index contributed by atoms with van der Waals surface area (Å²) in [5, 5.41) is 0. The number of carbonyl (C=O) groups is 1. The van der Waals surface area contributed by atoms with E-state index in [0.29, 0.717) is 16.2 Å². The SMILES string of the molecule is O=C(c1ccoc1Br)N1CCC(c2ccccc2)CC1. The third-order valence-electron chi connectivity index (χ3n) is 3.90. The summed E-state index contributed by atoms with van der Waals surface area (Å²) < 4.78 is 5.66. The van der Waals surface area contributed by atoms with E-state index in [-0.39, 0.29) is 5.91 Å². The van der Waals surface area contributed by atoms with Crippen molar-refractivity contribution < 1.29 is 9.21 Å². The predicted molar refractivity (Wildman–Crippen MR) is 80.7 cm³/mol. The van der Waals surface area contributed by atoms with Gasteiger partial charge in [0, 0.05) is 13.1 Å². The number of rotatable bonds is 2. The molecule has 0 atom stereocenters. The molecule has 3 rings (SSSR count). The molecule has 2 aromatic rings. The highest BCUT2D eigenvalue weighted by molar-refractivity contribution is 9.10. The van der Waals surface area contributed by atoms with Gasteiger partial charge in [-0.15, -0.1) is 0 Å². The lowest BCUT2D eigenvalue weighted by Crippen LogP contribution is -2.37. The first-order valence-corrected chi connectivity index (χ1v) is 7.62. The molecule has 104 valence electrons. The molecule has 2 heterocycles. The van der Waals surface area contributed by atoms with Crippen LogP contribution in [0.4, 0.5) is 0 Å². The monoisotopic (exact) mass is 333 g/mol. The molecule has 1 aromatic heterocycles. The molecule has 1 aliphatic rings. The molecule has 0 unspecified atom stereocenters. The van der Waals surface area contributed by atoms with Crippen molar-refractivity contribution in [2.45, 2.75) is 18.8 Å². The summed E-state index contributed by atoms with van der Waals surface area (Å²) in [7, 11) is 0. The van der Waals surface area contributed by atoms with E-state index in [9.17, 15) is 4.79 Å². The quantitative estimate of drug-likeness (QED) is 0.830. The van der Waals surface area contributed by atoms with Crippen LogP contribution in [0.3, 0.4) is 0 Å². The molecule has 3 nitrogen and oxygen atoms in total. The lowest BCUT2D eigenvalue weighted by molar-refractivity contribution is 0.0711. The Labute approximate surface area is 126 Å². The Balaban J connectivity index is 1.64. The Kier molecular flexibility index (Phi) is 3.92. The molecule has 0 radical (unpaired) electrons. The van der Waals surface area contributed by atoms with E-state index in [2.05, 4.69) is 40.2 Å². The van der Waals surface area contributed by atoms with E-state index in [4.69, 9.17) is 4.42 Å². The summed E-state index contributed by atoms with van der Waals surface area (Å²) >= 11 is 3.27. The van der Waals surface area contributed by atoms with E-state index in [1.54, 1.807) is 6.07 Å². The van der Waals surface area contributed by atoms with Crippen molar-refractivity contribution >= 4 is 21.8 Å². The molecule has 1 aromatic carbocycles. The van der Waals surface area contributed by atoms with Crippen LogP contribution < -0.4 is 0 Å². The summed E-state index contributed by atoms with van der Waals surface area (Å²) in [6.07, 6.45) is 3.57. The number of amides is 1. The molecule has 0 spiro atoms. The van der Waals surface area contributed by atoms with Crippen molar-refractivity contribution in [3.63, 3.8) is 0 Å². The van der Waals surface area contributed by atoms with Gasteiger partial charge in [-0.2, -0.15) is 0 Å². The fourth-order valence-corrected chi connectivity index (χ4v) is 3.17. The number of hydrogen-bond donors (Lipinski definition) is 0. The van der Waals surface area contributed by atoms with E-state index >= 15 is 0 Å². The second kappa shape index (κ2) is 5.83. The molecule has 0 N–H and O–H groups in total. The molecule has 1 saturated heterocycles. The van der Waals surface area contributed by atoms with Gasteiger partial charge in [0.25, 0.3) is 5.91 Å². The summed E-state index contributed by atoms with van der Waals surface area (Å²) in [5.41, 5.74) is 1.99. The van der Waals surface area contributed by atoms with Crippen LogP contribution in [-0.2, 0) is 0 Å². The standard InChI is InChI=1S/C16H16BrNO2/c17-15-14(8-11-20-15)16(19)18-9-6-13(7-10-18)12-4-2-1-3-5-12/h1-5,8,11,13H,6-7,9-10H2. The van der Waals surface area contributed by atoms with Gasteiger partial charge in [0.1, 0.15) is 0 Å². The van der Waals surface area contributed by atoms with Crippen LogP contribution >= 0.6 is 15.9 Å². The summed E-state index contributed by atoms with van der Waals surface area (Å²) in [6.45, 7) is 1.60. The highest BCUT2D eigenvalue weighted by Gasteiger charge is 2.26. The van der Waals surface area contributed by atoms with E-state index in [0.717, 1.165) is 25.9 Å². The number of benzene rings is 1. The fourth-order valence-electron chi connectivity index (χ4n) is 2.76. The van der Waals surface area contributed by atoms with Crippen molar-refractivity contribution in [1.82, 2.24) is 4.90 Å². The molecule has 1 fully saturated rings. The van der Waals surface area contributed by atoms with Crippen molar-refractivity contribution in [2.24, 2.45) is 0 Å². The molecule has 20 heavy (non-hydrogen) atoms. The maximum atomic E-state index is 12.4. The number of furan rings is 1. The zero-order valence-electron chi connectivity index (χ0n) is 11.1. The van der Waals surface area contributed by atoms with E-state index < -0.39 is 0 Å². The normalized spacial score (nSPS) is 16.4. The van der Waals surface area contributed by atoms with Crippen LogP contribution in [0.2, 0.25) is 0 Å². The third kappa shape index (κ3) is 2.66. The van der Waals surface area contributed by atoms with Gasteiger partial charge in [0.2, 0.25) is 0 Å². The summed E-state index contributed by atoms with van der Waals surface area (Å²) in [6, 6.07) is 12.3. The number of piperidine rings is 1. The Morgan fingerprint density at radius 1 is 1.15 bits per heavy atom. The van der Waals surface area contributed by atoms with Crippen LogP contribution in [0.1, 0.15) is 34.7 Å². The minimum absolute atomic E-state index is 0.0529. The van der Waals surface area contributed by atoms with Crippen molar-refractivity contribution in [3.05, 3.63) is 58.5 Å². The maximum Gasteiger partial charge on any atom is 0.258 e. The third-order valence-corrected chi connectivity index (χ3v) is 4.52.